The van der Waals surface area contributed by atoms with Gasteiger partial charge in [0.15, 0.2) is 0 Å². The van der Waals surface area contributed by atoms with Crippen molar-refractivity contribution in [2.45, 2.75) is 31.5 Å². The maximum Gasteiger partial charge on any atom is 0.410 e. The Bertz CT molecular complexity index is 2060. The summed E-state index contributed by atoms with van der Waals surface area (Å²) < 4.78 is 24.3. The Morgan fingerprint density at radius 1 is 0.940 bits per heavy atom. The maximum atomic E-state index is 13.6. The van der Waals surface area contributed by atoms with E-state index < -0.39 is 5.54 Å². The van der Waals surface area contributed by atoms with Crippen LogP contribution in [0.3, 0.4) is 0 Å². The second-order valence-electron chi connectivity index (χ2n) is 13.1. The Balaban J connectivity index is 1.06. The number of fused-ring (bicyclic) bond motifs is 2. The first kappa shape index (κ1) is 32.8. The predicted octanol–water partition coefficient (Wildman–Crippen LogP) is 5.62. The molecule has 5 heterocycles. The molecule has 0 atom stereocenters. The van der Waals surface area contributed by atoms with E-state index in [4.69, 9.17) is 18.9 Å². The molecule has 8 rings (SSSR count). The molecule has 1 saturated carbocycles. The van der Waals surface area contributed by atoms with Crippen molar-refractivity contribution < 1.29 is 23.7 Å². The van der Waals surface area contributed by atoms with Crippen LogP contribution in [0.25, 0.3) is 10.8 Å². The lowest BCUT2D eigenvalue weighted by molar-refractivity contribution is 0.0128. The van der Waals surface area contributed by atoms with Crippen molar-refractivity contribution in [3.05, 3.63) is 113 Å². The number of benzene rings is 2. The van der Waals surface area contributed by atoms with E-state index in [2.05, 4.69) is 32.7 Å². The van der Waals surface area contributed by atoms with Crippen LogP contribution in [0.15, 0.2) is 96.3 Å². The number of rotatable bonds is 13. The number of hydrogen-bond donors (Lipinski definition) is 2. The number of pyridine rings is 3. The SMILES string of the molecule is COc1ccc(CNc2nccc3c(NCC45CN(C(=O)OCc6cccnc6)C(COc6ccn(C)c(=O)c6)(C4)C5)cccc23)c(OC)c1. The molecule has 0 spiro atoms. The molecule has 0 radical (unpaired) electrons. The zero-order chi connectivity index (χ0) is 34.7. The van der Waals surface area contributed by atoms with Gasteiger partial charge in [-0.3, -0.25) is 14.7 Å². The minimum atomic E-state index is -0.545. The molecule has 2 N–H and O–H groups in total. The minimum Gasteiger partial charge on any atom is -0.497 e. The molecular weight excluding hydrogens is 636 g/mol. The van der Waals surface area contributed by atoms with E-state index in [1.54, 1.807) is 52.1 Å². The molecule has 3 fully saturated rings. The molecule has 2 saturated heterocycles. The summed E-state index contributed by atoms with van der Waals surface area (Å²) in [4.78, 5) is 36.4. The number of aromatic nitrogens is 3. The second-order valence-corrected chi connectivity index (χ2v) is 13.1. The molecule has 12 nitrogen and oxygen atoms in total. The fourth-order valence-electron chi connectivity index (χ4n) is 7.28. The summed E-state index contributed by atoms with van der Waals surface area (Å²) >= 11 is 0. The number of anilines is 2. The van der Waals surface area contributed by atoms with Crippen molar-refractivity contribution >= 4 is 28.4 Å². The van der Waals surface area contributed by atoms with Crippen LogP contribution in [-0.2, 0) is 24.9 Å². The number of methoxy groups -OCH3 is 2. The highest BCUT2D eigenvalue weighted by molar-refractivity contribution is 6.00. The Labute approximate surface area is 290 Å². The van der Waals surface area contributed by atoms with Gasteiger partial charge in [-0.1, -0.05) is 18.2 Å². The molecule has 258 valence electrons. The summed E-state index contributed by atoms with van der Waals surface area (Å²) in [5.41, 5.74) is 1.90. The maximum absolute atomic E-state index is 13.6. The number of amides is 1. The van der Waals surface area contributed by atoms with E-state index in [0.717, 1.165) is 57.7 Å². The van der Waals surface area contributed by atoms with E-state index >= 15 is 0 Å². The molecule has 2 bridgehead atoms. The molecule has 12 heteroatoms. The number of nitrogens with zero attached hydrogens (tertiary/aromatic N) is 4. The van der Waals surface area contributed by atoms with Crippen LogP contribution in [0.4, 0.5) is 16.3 Å². The van der Waals surface area contributed by atoms with Crippen molar-refractivity contribution in [2.24, 2.45) is 12.5 Å². The molecule has 3 aromatic heterocycles. The van der Waals surface area contributed by atoms with E-state index in [1.807, 2.05) is 47.4 Å². The standard InChI is InChI=1S/C38H40N6O6/c1-43-15-12-29(17-34(43)45)50-25-38-21-37(22-38,24-44(38)36(46)49-20-26-6-5-13-39-18-26)23-42-32-8-4-7-31-30(32)11-14-40-35(31)41-19-27-9-10-28(47-2)16-33(27)48-3/h4-18,42H,19-25H2,1-3H3,(H,40,41). The third kappa shape index (κ3) is 6.48. The molecular formula is C38H40N6O6. The normalized spacial score (nSPS) is 19.1. The van der Waals surface area contributed by atoms with Gasteiger partial charge in [-0.05, 0) is 49.2 Å². The largest absolute Gasteiger partial charge is 0.497 e. The van der Waals surface area contributed by atoms with Gasteiger partial charge in [-0.25, -0.2) is 9.78 Å². The number of hydrogen-bond acceptors (Lipinski definition) is 10. The zero-order valence-corrected chi connectivity index (χ0v) is 28.3. The van der Waals surface area contributed by atoms with Gasteiger partial charge in [-0.15, -0.1) is 0 Å². The fraction of sp³-hybridized carbons (Fsp3) is 0.316. The van der Waals surface area contributed by atoms with Crippen molar-refractivity contribution in [2.75, 3.05) is 44.5 Å². The number of carbonyl (C=O) groups excluding carboxylic acids is 1. The lowest BCUT2D eigenvalue weighted by Gasteiger charge is -2.47. The van der Waals surface area contributed by atoms with Crippen molar-refractivity contribution in [3.8, 4) is 17.2 Å². The van der Waals surface area contributed by atoms with Crippen LogP contribution in [-0.4, -0.2) is 65.0 Å². The summed E-state index contributed by atoms with van der Waals surface area (Å²) in [5, 5.41) is 9.20. The molecule has 50 heavy (non-hydrogen) atoms. The van der Waals surface area contributed by atoms with E-state index in [0.29, 0.717) is 25.4 Å². The topological polar surface area (TPSA) is 129 Å². The molecule has 2 aromatic carbocycles. The van der Waals surface area contributed by atoms with Gasteiger partial charge in [0.25, 0.3) is 5.56 Å². The van der Waals surface area contributed by atoms with Crippen molar-refractivity contribution in [3.63, 3.8) is 0 Å². The fourth-order valence-corrected chi connectivity index (χ4v) is 7.28. The zero-order valence-electron chi connectivity index (χ0n) is 28.3. The van der Waals surface area contributed by atoms with Crippen LogP contribution in [0.5, 0.6) is 17.2 Å². The van der Waals surface area contributed by atoms with Gasteiger partial charge in [0, 0.05) is 96.6 Å². The van der Waals surface area contributed by atoms with Gasteiger partial charge in [0.05, 0.1) is 19.8 Å². The van der Waals surface area contributed by atoms with Gasteiger partial charge in [0.2, 0.25) is 0 Å². The Morgan fingerprint density at radius 3 is 2.60 bits per heavy atom. The third-order valence-electron chi connectivity index (χ3n) is 9.76. The average molecular weight is 677 g/mol. The summed E-state index contributed by atoms with van der Waals surface area (Å²) in [7, 11) is 4.97. The first-order chi connectivity index (χ1) is 24.3. The monoisotopic (exact) mass is 676 g/mol. The Hall–Kier alpha value is -5.78. The van der Waals surface area contributed by atoms with Gasteiger partial charge in [0.1, 0.15) is 36.3 Å². The van der Waals surface area contributed by atoms with Crippen LogP contribution >= 0.6 is 0 Å². The van der Waals surface area contributed by atoms with Crippen molar-refractivity contribution in [1.29, 1.82) is 0 Å². The highest BCUT2D eigenvalue weighted by atomic mass is 16.6. The first-order valence-corrected chi connectivity index (χ1v) is 16.5. The smallest absolute Gasteiger partial charge is 0.410 e. The van der Waals surface area contributed by atoms with Gasteiger partial charge < -0.3 is 34.1 Å². The lowest BCUT2D eigenvalue weighted by atomic mass is 9.62. The van der Waals surface area contributed by atoms with Crippen LogP contribution in [0.2, 0.25) is 0 Å². The van der Waals surface area contributed by atoms with Crippen LogP contribution in [0, 0.1) is 5.41 Å². The van der Waals surface area contributed by atoms with Crippen LogP contribution in [0.1, 0.15) is 24.0 Å². The average Bonchev–Trinajstić information content (AvgIpc) is 3.64. The summed E-state index contributed by atoms with van der Waals surface area (Å²) in [5.74, 6) is 2.71. The molecule has 1 aliphatic carbocycles. The molecule has 3 aliphatic rings. The first-order valence-electron chi connectivity index (χ1n) is 16.5. The van der Waals surface area contributed by atoms with E-state index in [-0.39, 0.29) is 30.3 Å². The minimum absolute atomic E-state index is 0.131. The third-order valence-corrected chi connectivity index (χ3v) is 9.76. The molecule has 2 aliphatic heterocycles. The second kappa shape index (κ2) is 13.6. The van der Waals surface area contributed by atoms with E-state index in [1.165, 1.54) is 10.6 Å². The molecule has 5 aromatic rings. The van der Waals surface area contributed by atoms with Gasteiger partial charge in [-0.2, -0.15) is 0 Å². The molecule has 1 amide bonds. The summed E-state index contributed by atoms with van der Waals surface area (Å²) in [6.07, 6.45) is 7.94. The number of nitrogens with one attached hydrogen (secondary N) is 2. The summed E-state index contributed by atoms with van der Waals surface area (Å²) in [6.45, 7) is 2.09. The van der Waals surface area contributed by atoms with Gasteiger partial charge >= 0.3 is 6.09 Å². The van der Waals surface area contributed by atoms with Crippen molar-refractivity contribution in [1.82, 2.24) is 19.4 Å². The Morgan fingerprint density at radius 2 is 1.82 bits per heavy atom. The predicted molar refractivity (Wildman–Crippen MR) is 190 cm³/mol. The number of ether oxygens (including phenoxy) is 4. The highest BCUT2D eigenvalue weighted by Gasteiger charge is 2.67. The Kier molecular flexibility index (Phi) is 8.92. The summed E-state index contributed by atoms with van der Waals surface area (Å²) in [6, 6.07) is 20.8. The quantitative estimate of drug-likeness (QED) is 0.162. The van der Waals surface area contributed by atoms with Crippen LogP contribution < -0.4 is 30.4 Å². The number of aryl methyl sites for hydroxylation is 1. The number of carbonyl (C=O) groups is 1. The lowest BCUT2D eigenvalue weighted by Crippen LogP contribution is -2.56. The highest BCUT2D eigenvalue weighted by Crippen LogP contribution is 2.59. The van der Waals surface area contributed by atoms with E-state index in [9.17, 15) is 9.59 Å². The molecule has 0 unspecified atom stereocenters.